The minimum atomic E-state index is -0.538. The third kappa shape index (κ3) is 9.99. The van der Waals surface area contributed by atoms with Crippen molar-refractivity contribution in [2.45, 2.75) is 58.3 Å². The molecule has 4 aromatic carbocycles. The minimum absolute atomic E-state index is 0.195. The van der Waals surface area contributed by atoms with E-state index in [-0.39, 0.29) is 48.8 Å². The molecule has 0 unspecified atom stereocenters. The zero-order chi connectivity index (χ0) is 36.3. The molecule has 0 fully saturated rings. The summed E-state index contributed by atoms with van der Waals surface area (Å²) in [5, 5.41) is 20.9. The zero-order valence-corrected chi connectivity index (χ0v) is 29.8. The van der Waals surface area contributed by atoms with E-state index in [4.69, 9.17) is 9.47 Å². The fraction of sp³-hybridized carbons (Fsp3) is 0.375. The SMILES string of the molecule is C[C@@H]1CN([C@@H](C)CO)C(=O)c2cc(NC(=O)Nc3cccc4ccccc34)ccc2O[C@@H](C)CCCCO[C@@H]1CN(C)C(=O)Nc1ccccc1. The van der Waals surface area contributed by atoms with E-state index >= 15 is 0 Å². The van der Waals surface area contributed by atoms with Crippen molar-refractivity contribution in [1.82, 2.24) is 9.80 Å². The van der Waals surface area contributed by atoms with Gasteiger partial charge in [0.25, 0.3) is 5.91 Å². The second kappa shape index (κ2) is 17.7. The number of nitrogens with zero attached hydrogens (tertiary/aromatic N) is 2. The highest BCUT2D eigenvalue weighted by atomic mass is 16.5. The van der Waals surface area contributed by atoms with Gasteiger partial charge in [-0.25, -0.2) is 9.59 Å². The largest absolute Gasteiger partial charge is 0.490 e. The Balaban J connectivity index is 1.38. The number of fused-ring (bicyclic) bond motifs is 2. The molecule has 270 valence electrons. The molecule has 4 N–H and O–H groups in total. The van der Waals surface area contributed by atoms with E-state index in [1.165, 1.54) is 0 Å². The molecule has 4 aromatic rings. The van der Waals surface area contributed by atoms with Gasteiger partial charge in [-0.05, 0) is 74.9 Å². The van der Waals surface area contributed by atoms with E-state index in [9.17, 15) is 19.5 Å². The van der Waals surface area contributed by atoms with Crippen LogP contribution < -0.4 is 20.7 Å². The summed E-state index contributed by atoms with van der Waals surface area (Å²) in [5.74, 6) is -0.166. The highest BCUT2D eigenvalue weighted by molar-refractivity contribution is 6.07. The van der Waals surface area contributed by atoms with E-state index in [1.807, 2.05) is 86.6 Å². The molecule has 4 atom stereocenters. The first-order valence-electron chi connectivity index (χ1n) is 17.6. The fourth-order valence-corrected chi connectivity index (χ4v) is 6.18. The summed E-state index contributed by atoms with van der Waals surface area (Å²) in [6.07, 6.45) is 1.80. The number of para-hydroxylation sites is 1. The van der Waals surface area contributed by atoms with Crippen LogP contribution in [0.25, 0.3) is 10.8 Å². The number of likely N-dealkylation sites (N-methyl/N-ethyl adjacent to an activating group) is 1. The Labute approximate surface area is 299 Å². The Kier molecular flexibility index (Phi) is 12.9. The Bertz CT molecular complexity index is 1780. The monoisotopic (exact) mass is 695 g/mol. The molecule has 5 rings (SSSR count). The van der Waals surface area contributed by atoms with Crippen molar-refractivity contribution in [3.8, 4) is 5.75 Å². The standard InChI is InChI=1S/C40H49N5O6/c1-27-24-45(28(2)26-46)38(47)34-23-32(41-39(48)43-35-19-12-15-30-14-8-9-18-33(30)35)20-21-36(34)51-29(3)13-10-11-22-50-37(27)25-44(4)40(49)42-31-16-6-5-7-17-31/h5-9,12,14-21,23,27-29,37,46H,10-11,13,22,24-26H2,1-4H3,(H,42,49)(H2,41,43,48)/t27-,28+,29+,37-/m1/s1. The highest BCUT2D eigenvalue weighted by Gasteiger charge is 2.31. The van der Waals surface area contributed by atoms with E-state index < -0.39 is 12.1 Å². The van der Waals surface area contributed by atoms with Crippen LogP contribution in [-0.4, -0.2) is 84.5 Å². The maximum atomic E-state index is 14.5. The van der Waals surface area contributed by atoms with E-state index in [2.05, 4.69) is 16.0 Å². The number of amides is 5. The van der Waals surface area contributed by atoms with Crippen molar-refractivity contribution in [3.63, 3.8) is 0 Å². The van der Waals surface area contributed by atoms with Gasteiger partial charge in [-0.3, -0.25) is 4.79 Å². The molecule has 51 heavy (non-hydrogen) atoms. The van der Waals surface area contributed by atoms with Gasteiger partial charge in [0.05, 0.1) is 36.1 Å². The van der Waals surface area contributed by atoms with Crippen LogP contribution in [0.15, 0.2) is 91.0 Å². The van der Waals surface area contributed by atoms with Crippen molar-refractivity contribution < 1.29 is 29.0 Å². The quantitative estimate of drug-likeness (QED) is 0.159. The summed E-state index contributed by atoms with van der Waals surface area (Å²) >= 11 is 0. The predicted octanol–water partition coefficient (Wildman–Crippen LogP) is 7.44. The van der Waals surface area contributed by atoms with Gasteiger partial charge < -0.3 is 40.3 Å². The van der Waals surface area contributed by atoms with Gasteiger partial charge in [0, 0.05) is 49.4 Å². The van der Waals surface area contributed by atoms with Gasteiger partial charge >= 0.3 is 12.1 Å². The normalized spacial score (nSPS) is 19.2. The smallest absolute Gasteiger partial charge is 0.323 e. The topological polar surface area (TPSA) is 132 Å². The first-order chi connectivity index (χ1) is 24.6. The van der Waals surface area contributed by atoms with E-state index in [0.29, 0.717) is 36.0 Å². The maximum Gasteiger partial charge on any atom is 0.323 e. The molecule has 0 radical (unpaired) electrons. The number of benzene rings is 4. The molecule has 11 nitrogen and oxygen atoms in total. The third-order valence-electron chi connectivity index (χ3n) is 9.17. The molecule has 11 heteroatoms. The van der Waals surface area contributed by atoms with Crippen LogP contribution in [0.5, 0.6) is 5.75 Å². The molecule has 1 heterocycles. The summed E-state index contributed by atoms with van der Waals surface area (Å²) in [5.41, 5.74) is 2.03. The summed E-state index contributed by atoms with van der Waals surface area (Å²) in [6, 6.07) is 26.5. The fourth-order valence-electron chi connectivity index (χ4n) is 6.18. The lowest BCUT2D eigenvalue weighted by Crippen LogP contribution is -2.48. The first kappa shape index (κ1) is 37.1. The predicted molar refractivity (Wildman–Crippen MR) is 202 cm³/mol. The number of ether oxygens (including phenoxy) is 2. The average molecular weight is 696 g/mol. The number of urea groups is 2. The molecule has 0 spiro atoms. The highest BCUT2D eigenvalue weighted by Crippen LogP contribution is 2.29. The molecule has 0 aromatic heterocycles. The number of hydrogen-bond donors (Lipinski definition) is 4. The lowest BCUT2D eigenvalue weighted by Gasteiger charge is -2.35. The van der Waals surface area contributed by atoms with Crippen molar-refractivity contribution in [1.29, 1.82) is 0 Å². The molecule has 1 aliphatic heterocycles. The number of carbonyl (C=O) groups excluding carboxylic acids is 3. The molecular formula is C40H49N5O6. The molecular weight excluding hydrogens is 646 g/mol. The number of nitrogens with one attached hydrogen (secondary N) is 3. The van der Waals surface area contributed by atoms with Crippen molar-refractivity contribution in [2.75, 3.05) is 49.3 Å². The van der Waals surface area contributed by atoms with Crippen LogP contribution in [0, 0.1) is 5.92 Å². The zero-order valence-electron chi connectivity index (χ0n) is 29.8. The van der Waals surface area contributed by atoms with Crippen molar-refractivity contribution >= 4 is 45.8 Å². The van der Waals surface area contributed by atoms with E-state index in [0.717, 1.165) is 30.0 Å². The Morgan fingerprint density at radius 2 is 1.67 bits per heavy atom. The molecule has 0 aliphatic carbocycles. The summed E-state index contributed by atoms with van der Waals surface area (Å²) in [4.78, 5) is 44.0. The number of aliphatic hydroxyl groups excluding tert-OH is 1. The summed E-state index contributed by atoms with van der Waals surface area (Å²) in [6.45, 7) is 6.50. The number of hydrogen-bond acceptors (Lipinski definition) is 6. The number of anilines is 3. The lowest BCUT2D eigenvalue weighted by atomic mass is 10.0. The number of aliphatic hydroxyl groups is 1. The average Bonchev–Trinajstić information content (AvgIpc) is 3.13. The maximum absolute atomic E-state index is 14.5. The molecule has 5 amide bonds. The van der Waals surface area contributed by atoms with Gasteiger partial charge in [0.1, 0.15) is 5.75 Å². The van der Waals surface area contributed by atoms with Gasteiger partial charge in [0.15, 0.2) is 0 Å². The lowest BCUT2D eigenvalue weighted by molar-refractivity contribution is -0.0115. The van der Waals surface area contributed by atoms with Crippen molar-refractivity contribution in [2.24, 2.45) is 5.92 Å². The Morgan fingerprint density at radius 3 is 2.45 bits per heavy atom. The van der Waals surface area contributed by atoms with Crippen LogP contribution >= 0.6 is 0 Å². The van der Waals surface area contributed by atoms with Crippen molar-refractivity contribution in [3.05, 3.63) is 96.6 Å². The van der Waals surface area contributed by atoms with Crippen LogP contribution in [0.2, 0.25) is 0 Å². The Hall–Kier alpha value is -5.13. The number of rotatable bonds is 7. The first-order valence-corrected chi connectivity index (χ1v) is 17.6. The van der Waals surface area contributed by atoms with Gasteiger partial charge in [-0.15, -0.1) is 0 Å². The minimum Gasteiger partial charge on any atom is -0.490 e. The molecule has 0 saturated carbocycles. The number of carbonyl (C=O) groups is 3. The second-order valence-electron chi connectivity index (χ2n) is 13.3. The second-order valence-corrected chi connectivity index (χ2v) is 13.3. The van der Waals surface area contributed by atoms with Crippen LogP contribution in [0.1, 0.15) is 50.4 Å². The van der Waals surface area contributed by atoms with Crippen LogP contribution in [-0.2, 0) is 4.74 Å². The van der Waals surface area contributed by atoms with E-state index in [1.54, 1.807) is 42.0 Å². The van der Waals surface area contributed by atoms with Gasteiger partial charge in [0.2, 0.25) is 0 Å². The summed E-state index contributed by atoms with van der Waals surface area (Å²) < 4.78 is 12.7. The van der Waals surface area contributed by atoms with Crippen LogP contribution in [0.3, 0.4) is 0 Å². The van der Waals surface area contributed by atoms with Gasteiger partial charge in [-0.2, -0.15) is 0 Å². The third-order valence-corrected chi connectivity index (χ3v) is 9.17. The van der Waals surface area contributed by atoms with Gasteiger partial charge in [-0.1, -0.05) is 61.5 Å². The van der Waals surface area contributed by atoms with Crippen LogP contribution in [0.4, 0.5) is 26.7 Å². The molecule has 0 saturated heterocycles. The Morgan fingerprint density at radius 1 is 0.922 bits per heavy atom. The molecule has 1 aliphatic rings. The molecule has 0 bridgehead atoms. The summed E-state index contributed by atoms with van der Waals surface area (Å²) in [7, 11) is 1.72.